The third-order valence-electron chi connectivity index (χ3n) is 2.78. The third-order valence-corrected chi connectivity index (χ3v) is 2.78. The van der Waals surface area contributed by atoms with E-state index in [2.05, 4.69) is 34.5 Å². The summed E-state index contributed by atoms with van der Waals surface area (Å²) >= 11 is 0. The summed E-state index contributed by atoms with van der Waals surface area (Å²) in [5, 5.41) is 11.2. The van der Waals surface area contributed by atoms with Crippen LogP contribution in [-0.4, -0.2) is 26.0 Å². The summed E-state index contributed by atoms with van der Waals surface area (Å²) in [5.41, 5.74) is 2.70. The molecule has 0 bridgehead atoms. The predicted molar refractivity (Wildman–Crippen MR) is 76.3 cm³/mol. The Morgan fingerprint density at radius 1 is 1.35 bits per heavy atom. The van der Waals surface area contributed by atoms with Crippen molar-refractivity contribution in [2.75, 3.05) is 0 Å². The van der Waals surface area contributed by atoms with Gasteiger partial charge >= 0.3 is 0 Å². The molecule has 0 unspecified atom stereocenters. The minimum atomic E-state index is 0.396. The highest BCUT2D eigenvalue weighted by molar-refractivity contribution is 5.29. The van der Waals surface area contributed by atoms with E-state index in [1.807, 2.05) is 32.3 Å². The largest absolute Gasteiger partial charge is 0.485 e. The number of hydrogen-bond acceptors (Lipinski definition) is 5. The number of aryl methyl sites for hydroxylation is 2. The van der Waals surface area contributed by atoms with Crippen molar-refractivity contribution < 1.29 is 4.74 Å². The third kappa shape index (κ3) is 4.03. The molecule has 0 aromatic carbocycles. The molecule has 0 spiro atoms. The number of aromatic nitrogens is 4. The van der Waals surface area contributed by atoms with Gasteiger partial charge < -0.3 is 10.1 Å². The van der Waals surface area contributed by atoms with Crippen LogP contribution in [-0.2, 0) is 20.2 Å². The van der Waals surface area contributed by atoms with Crippen molar-refractivity contribution in [2.45, 2.75) is 40.0 Å². The Kier molecular flexibility index (Phi) is 4.68. The first-order chi connectivity index (χ1) is 9.54. The lowest BCUT2D eigenvalue weighted by Gasteiger charge is -2.13. The molecule has 0 fully saturated rings. The van der Waals surface area contributed by atoms with Crippen molar-refractivity contribution in [2.24, 2.45) is 7.05 Å². The maximum Gasteiger partial charge on any atom is 0.142 e. The van der Waals surface area contributed by atoms with Crippen LogP contribution in [0, 0.1) is 6.92 Å². The fraction of sp³-hybridized carbons (Fsp3) is 0.500. The van der Waals surface area contributed by atoms with Crippen LogP contribution in [0.4, 0.5) is 0 Å². The zero-order valence-electron chi connectivity index (χ0n) is 12.4. The maximum atomic E-state index is 5.81. The standard InChI is InChI=1S/C14H21N5O/c1-10(2)15-7-13-14(6-5-11(3)16-13)20-9-12-8-19(4)18-17-12/h5-6,8,10,15H,7,9H2,1-4H3. The smallest absolute Gasteiger partial charge is 0.142 e. The van der Waals surface area contributed by atoms with Crippen LogP contribution >= 0.6 is 0 Å². The predicted octanol–water partition coefficient (Wildman–Crippen LogP) is 1.60. The first-order valence-corrected chi connectivity index (χ1v) is 6.72. The molecule has 6 nitrogen and oxygen atoms in total. The second-order valence-corrected chi connectivity index (χ2v) is 5.11. The first kappa shape index (κ1) is 14.5. The molecule has 0 saturated carbocycles. The molecule has 0 amide bonds. The monoisotopic (exact) mass is 275 g/mol. The Hall–Kier alpha value is -1.95. The Labute approximate surface area is 119 Å². The SMILES string of the molecule is Cc1ccc(OCc2cn(C)nn2)c(CNC(C)C)n1. The average molecular weight is 275 g/mol. The van der Waals surface area contributed by atoms with Gasteiger partial charge in [-0.3, -0.25) is 9.67 Å². The van der Waals surface area contributed by atoms with Gasteiger partial charge in [0.15, 0.2) is 0 Å². The summed E-state index contributed by atoms with van der Waals surface area (Å²) in [6.07, 6.45) is 1.84. The first-order valence-electron chi connectivity index (χ1n) is 6.72. The molecule has 1 N–H and O–H groups in total. The summed E-state index contributed by atoms with van der Waals surface area (Å²) in [6.45, 7) is 7.28. The molecule has 6 heteroatoms. The molecular formula is C14H21N5O. The summed E-state index contributed by atoms with van der Waals surface area (Å²) < 4.78 is 7.47. The van der Waals surface area contributed by atoms with Crippen molar-refractivity contribution in [1.82, 2.24) is 25.3 Å². The lowest BCUT2D eigenvalue weighted by molar-refractivity contribution is 0.295. The van der Waals surface area contributed by atoms with Crippen LogP contribution in [0.15, 0.2) is 18.3 Å². The van der Waals surface area contributed by atoms with Gasteiger partial charge in [0.25, 0.3) is 0 Å². The average Bonchev–Trinajstić information content (AvgIpc) is 2.81. The van der Waals surface area contributed by atoms with E-state index in [4.69, 9.17) is 4.74 Å². The van der Waals surface area contributed by atoms with E-state index in [-0.39, 0.29) is 0 Å². The van der Waals surface area contributed by atoms with Gasteiger partial charge in [0.1, 0.15) is 18.1 Å². The van der Waals surface area contributed by atoms with Gasteiger partial charge in [0.2, 0.25) is 0 Å². The summed E-state index contributed by atoms with van der Waals surface area (Å²) in [6, 6.07) is 4.31. The summed E-state index contributed by atoms with van der Waals surface area (Å²) in [4.78, 5) is 4.53. The van der Waals surface area contributed by atoms with E-state index >= 15 is 0 Å². The van der Waals surface area contributed by atoms with Crippen molar-refractivity contribution in [1.29, 1.82) is 0 Å². The zero-order chi connectivity index (χ0) is 14.5. The zero-order valence-corrected chi connectivity index (χ0v) is 12.4. The number of nitrogens with zero attached hydrogens (tertiary/aromatic N) is 4. The maximum absolute atomic E-state index is 5.81. The van der Waals surface area contributed by atoms with Crippen LogP contribution in [0.2, 0.25) is 0 Å². The molecule has 2 aromatic heterocycles. The summed E-state index contributed by atoms with van der Waals surface area (Å²) in [7, 11) is 1.84. The highest BCUT2D eigenvalue weighted by Crippen LogP contribution is 2.18. The molecule has 0 aliphatic rings. The molecule has 108 valence electrons. The van der Waals surface area contributed by atoms with E-state index in [1.165, 1.54) is 0 Å². The van der Waals surface area contributed by atoms with Gasteiger partial charge in [-0.1, -0.05) is 19.1 Å². The second-order valence-electron chi connectivity index (χ2n) is 5.11. The molecular weight excluding hydrogens is 254 g/mol. The van der Waals surface area contributed by atoms with Crippen LogP contribution in [0.25, 0.3) is 0 Å². The normalized spacial score (nSPS) is 11.1. The molecule has 2 rings (SSSR count). The second kappa shape index (κ2) is 6.47. The molecule has 20 heavy (non-hydrogen) atoms. The van der Waals surface area contributed by atoms with E-state index < -0.39 is 0 Å². The lowest BCUT2D eigenvalue weighted by atomic mass is 10.2. The quantitative estimate of drug-likeness (QED) is 0.867. The number of nitrogens with one attached hydrogen (secondary N) is 1. The van der Waals surface area contributed by atoms with E-state index in [0.29, 0.717) is 19.2 Å². The van der Waals surface area contributed by atoms with Crippen molar-refractivity contribution in [3.63, 3.8) is 0 Å². The molecule has 0 radical (unpaired) electrons. The molecule has 2 heterocycles. The molecule has 0 saturated heterocycles. The van der Waals surface area contributed by atoms with Gasteiger partial charge in [-0.15, -0.1) is 5.10 Å². The minimum Gasteiger partial charge on any atom is -0.485 e. The van der Waals surface area contributed by atoms with Gasteiger partial charge in [0.05, 0.1) is 11.9 Å². The van der Waals surface area contributed by atoms with Gasteiger partial charge in [-0.2, -0.15) is 0 Å². The number of rotatable bonds is 6. The van der Waals surface area contributed by atoms with E-state index in [0.717, 1.165) is 22.8 Å². The fourth-order valence-electron chi connectivity index (χ4n) is 1.77. The Bertz CT molecular complexity index is 564. The highest BCUT2D eigenvalue weighted by Gasteiger charge is 2.08. The van der Waals surface area contributed by atoms with E-state index in [1.54, 1.807) is 4.68 Å². The van der Waals surface area contributed by atoms with Crippen LogP contribution < -0.4 is 10.1 Å². The Morgan fingerprint density at radius 2 is 2.15 bits per heavy atom. The fourth-order valence-corrected chi connectivity index (χ4v) is 1.77. The van der Waals surface area contributed by atoms with Crippen LogP contribution in [0.5, 0.6) is 5.75 Å². The topological polar surface area (TPSA) is 64.9 Å². The Balaban J connectivity index is 2.05. The minimum absolute atomic E-state index is 0.396. The molecule has 2 aromatic rings. The number of hydrogen-bond donors (Lipinski definition) is 1. The highest BCUT2D eigenvalue weighted by atomic mass is 16.5. The summed E-state index contributed by atoms with van der Waals surface area (Å²) in [5.74, 6) is 0.786. The molecule has 0 aliphatic heterocycles. The van der Waals surface area contributed by atoms with Crippen molar-refractivity contribution in [3.05, 3.63) is 35.4 Å². The van der Waals surface area contributed by atoms with Gasteiger partial charge in [-0.25, -0.2) is 0 Å². The molecule has 0 atom stereocenters. The lowest BCUT2D eigenvalue weighted by Crippen LogP contribution is -2.23. The Morgan fingerprint density at radius 3 is 2.80 bits per heavy atom. The van der Waals surface area contributed by atoms with Crippen LogP contribution in [0.1, 0.15) is 30.9 Å². The van der Waals surface area contributed by atoms with Crippen molar-refractivity contribution >= 4 is 0 Å². The van der Waals surface area contributed by atoms with Gasteiger partial charge in [0, 0.05) is 25.3 Å². The molecule has 0 aliphatic carbocycles. The van der Waals surface area contributed by atoms with Gasteiger partial charge in [-0.05, 0) is 19.1 Å². The number of pyridine rings is 1. The van der Waals surface area contributed by atoms with Crippen molar-refractivity contribution in [3.8, 4) is 5.75 Å². The van der Waals surface area contributed by atoms with Crippen LogP contribution in [0.3, 0.4) is 0 Å². The number of ether oxygens (including phenoxy) is 1. The van der Waals surface area contributed by atoms with E-state index in [9.17, 15) is 0 Å².